The number of nitrogens with zero attached hydrogens (tertiary/aromatic N) is 1. The van der Waals surface area contributed by atoms with E-state index in [2.05, 4.69) is 10.3 Å². The fraction of sp³-hybridized carbons (Fsp3) is 0.200. The summed E-state index contributed by atoms with van der Waals surface area (Å²) in [7, 11) is 0. The van der Waals surface area contributed by atoms with Gasteiger partial charge >= 0.3 is 0 Å². The number of hydrogen-bond donors (Lipinski definition) is 1. The van der Waals surface area contributed by atoms with Crippen LogP contribution in [0.4, 0.5) is 0 Å². The first kappa shape index (κ1) is 18.0. The van der Waals surface area contributed by atoms with E-state index < -0.39 is 0 Å². The molecule has 24 heavy (non-hydrogen) atoms. The van der Waals surface area contributed by atoms with Crippen molar-refractivity contribution in [1.82, 2.24) is 10.3 Å². The summed E-state index contributed by atoms with van der Waals surface area (Å²) in [5, 5.41) is 5.44. The molecule has 1 heterocycles. The van der Waals surface area contributed by atoms with Crippen molar-refractivity contribution in [2.45, 2.75) is 20.8 Å². The highest BCUT2D eigenvalue weighted by atomic mass is 35.5. The number of carbonyl (C=O) groups excluding carboxylic acids is 1. The topological polar surface area (TPSA) is 42.0 Å². The highest BCUT2D eigenvalue weighted by molar-refractivity contribution is 6.33. The molecule has 2 aromatic carbocycles. The summed E-state index contributed by atoms with van der Waals surface area (Å²) in [6.07, 6.45) is 0.886. The maximum absolute atomic E-state index is 12.3. The average Bonchev–Trinajstić information content (AvgIpc) is 2.59. The summed E-state index contributed by atoms with van der Waals surface area (Å²) in [5.41, 5.74) is 1.97. The Hall–Kier alpha value is -2.39. The molecule has 1 N–H and O–H groups in total. The molecule has 0 atom stereocenters. The Morgan fingerprint density at radius 2 is 1.83 bits per heavy atom. The van der Waals surface area contributed by atoms with E-state index in [1.807, 2.05) is 61.5 Å². The number of carbonyl (C=O) groups is 1. The molecule has 0 saturated heterocycles. The minimum atomic E-state index is -0.161. The van der Waals surface area contributed by atoms with Crippen molar-refractivity contribution in [2.75, 3.05) is 6.54 Å². The number of benzene rings is 2. The zero-order valence-electron chi connectivity index (χ0n) is 12.8. The second-order valence-corrected chi connectivity index (χ2v) is 5.72. The Balaban J connectivity index is 0.00000208. The Bertz CT molecular complexity index is 861. The molecule has 3 rings (SSSR count). The monoisotopic (exact) mass is 340 g/mol. The molecule has 1 amide bonds. The van der Waals surface area contributed by atoms with E-state index in [0.717, 1.165) is 28.5 Å². The summed E-state index contributed by atoms with van der Waals surface area (Å²) in [6, 6.07) is 17.3. The van der Waals surface area contributed by atoms with E-state index >= 15 is 0 Å². The van der Waals surface area contributed by atoms with Crippen LogP contribution in [0.3, 0.4) is 0 Å². The number of nitrogens with one attached hydrogen (secondary N) is 1. The van der Waals surface area contributed by atoms with Crippen LogP contribution < -0.4 is 5.32 Å². The van der Waals surface area contributed by atoms with Gasteiger partial charge in [-0.1, -0.05) is 68.4 Å². The smallest absolute Gasteiger partial charge is 0.269 e. The van der Waals surface area contributed by atoms with Gasteiger partial charge in [-0.05, 0) is 23.9 Å². The Morgan fingerprint density at radius 3 is 2.58 bits per heavy atom. The first-order chi connectivity index (χ1) is 11.2. The van der Waals surface area contributed by atoms with Crippen LogP contribution in [0.5, 0.6) is 0 Å². The van der Waals surface area contributed by atoms with Crippen LogP contribution in [0.25, 0.3) is 22.0 Å². The van der Waals surface area contributed by atoms with Crippen molar-refractivity contribution in [3.05, 3.63) is 65.3 Å². The van der Waals surface area contributed by atoms with E-state index in [1.165, 1.54) is 0 Å². The van der Waals surface area contributed by atoms with Crippen LogP contribution in [0.1, 0.15) is 31.3 Å². The van der Waals surface area contributed by atoms with Gasteiger partial charge in [-0.2, -0.15) is 0 Å². The van der Waals surface area contributed by atoms with Gasteiger partial charge in [0.25, 0.3) is 5.91 Å². The summed E-state index contributed by atoms with van der Waals surface area (Å²) in [5.74, 6) is -0.161. The molecule has 0 unspecified atom stereocenters. The predicted octanol–water partition coefficient (Wildman–Crippen LogP) is 5.33. The quantitative estimate of drug-likeness (QED) is 0.697. The van der Waals surface area contributed by atoms with E-state index in [0.29, 0.717) is 17.3 Å². The highest BCUT2D eigenvalue weighted by Crippen LogP contribution is 2.32. The number of amides is 1. The summed E-state index contributed by atoms with van der Waals surface area (Å²) in [4.78, 5) is 16.9. The lowest BCUT2D eigenvalue weighted by Gasteiger charge is -2.11. The molecule has 0 bridgehead atoms. The van der Waals surface area contributed by atoms with Crippen LogP contribution in [0.2, 0.25) is 5.02 Å². The molecule has 0 aliphatic carbocycles. The first-order valence-electron chi connectivity index (χ1n) is 7.63. The number of fused-ring (bicyclic) bond motifs is 1. The molecule has 0 radical (unpaired) electrons. The lowest BCUT2D eigenvalue weighted by Crippen LogP contribution is -2.25. The number of rotatable bonds is 4. The maximum atomic E-state index is 12.3. The molecule has 1 aromatic heterocycles. The molecular weight excluding hydrogens is 320 g/mol. The lowest BCUT2D eigenvalue weighted by molar-refractivity contribution is 0.0949. The fourth-order valence-electron chi connectivity index (χ4n) is 2.50. The maximum Gasteiger partial charge on any atom is 0.269 e. The van der Waals surface area contributed by atoms with Crippen molar-refractivity contribution < 1.29 is 4.79 Å². The predicted molar refractivity (Wildman–Crippen MR) is 102 cm³/mol. The molecule has 0 saturated carbocycles. The van der Waals surface area contributed by atoms with Gasteiger partial charge in [-0.15, -0.1) is 0 Å². The largest absolute Gasteiger partial charge is 0.351 e. The number of aromatic nitrogens is 1. The van der Waals surface area contributed by atoms with Crippen LogP contribution in [0.15, 0.2) is 54.6 Å². The standard InChI is InChI=1S/C19H17ClN2O.CH4/c1-2-11-21-19(23)17-12-13-7-3-4-8-14(13)18(22-17)15-9-5-6-10-16(15)20;/h3-10,12H,2,11H2,1H3,(H,21,23);1H4. The van der Waals surface area contributed by atoms with E-state index in [-0.39, 0.29) is 13.3 Å². The van der Waals surface area contributed by atoms with Crippen molar-refractivity contribution >= 4 is 28.3 Å². The molecule has 3 nitrogen and oxygen atoms in total. The Labute approximate surface area is 147 Å². The number of hydrogen-bond acceptors (Lipinski definition) is 2. The van der Waals surface area contributed by atoms with Gasteiger partial charge in [0.05, 0.1) is 5.69 Å². The molecule has 0 aliphatic rings. The first-order valence-corrected chi connectivity index (χ1v) is 8.01. The SMILES string of the molecule is C.CCCNC(=O)c1cc2ccccc2c(-c2ccccc2Cl)n1. The molecule has 3 aromatic rings. The fourth-order valence-corrected chi connectivity index (χ4v) is 2.73. The van der Waals surface area contributed by atoms with Gasteiger partial charge in [0.2, 0.25) is 0 Å². The van der Waals surface area contributed by atoms with Crippen molar-refractivity contribution in [2.24, 2.45) is 0 Å². The minimum absolute atomic E-state index is 0. The van der Waals surface area contributed by atoms with E-state index in [1.54, 1.807) is 0 Å². The van der Waals surface area contributed by atoms with Gasteiger partial charge < -0.3 is 5.32 Å². The van der Waals surface area contributed by atoms with Gasteiger partial charge in [-0.25, -0.2) is 4.98 Å². The normalized spacial score (nSPS) is 10.2. The van der Waals surface area contributed by atoms with Crippen molar-refractivity contribution in [3.63, 3.8) is 0 Å². The van der Waals surface area contributed by atoms with Crippen molar-refractivity contribution in [1.29, 1.82) is 0 Å². The molecule has 0 aliphatic heterocycles. The molecule has 0 spiro atoms. The van der Waals surface area contributed by atoms with Gasteiger partial charge in [0.1, 0.15) is 5.69 Å². The third-order valence-electron chi connectivity index (χ3n) is 3.64. The summed E-state index contributed by atoms with van der Waals surface area (Å²) in [6.45, 7) is 2.65. The minimum Gasteiger partial charge on any atom is -0.351 e. The van der Waals surface area contributed by atoms with E-state index in [9.17, 15) is 4.79 Å². The summed E-state index contributed by atoms with van der Waals surface area (Å²) < 4.78 is 0. The molecule has 0 fully saturated rings. The van der Waals surface area contributed by atoms with Crippen molar-refractivity contribution in [3.8, 4) is 11.3 Å². The molecule has 4 heteroatoms. The summed E-state index contributed by atoms with van der Waals surface area (Å²) >= 11 is 6.33. The van der Waals surface area contributed by atoms with Crippen LogP contribution in [-0.4, -0.2) is 17.4 Å². The molecular formula is C20H21ClN2O. The van der Waals surface area contributed by atoms with Crippen LogP contribution in [0, 0.1) is 0 Å². The zero-order chi connectivity index (χ0) is 16.2. The Morgan fingerprint density at radius 1 is 1.12 bits per heavy atom. The third kappa shape index (κ3) is 3.57. The second kappa shape index (κ2) is 7.93. The van der Waals surface area contributed by atoms with Gasteiger partial charge in [-0.3, -0.25) is 4.79 Å². The average molecular weight is 341 g/mol. The Kier molecular flexibility index (Phi) is 5.93. The second-order valence-electron chi connectivity index (χ2n) is 5.31. The number of pyridine rings is 1. The van der Waals surface area contributed by atoms with Gasteiger partial charge in [0.15, 0.2) is 0 Å². The zero-order valence-corrected chi connectivity index (χ0v) is 13.6. The number of halogens is 1. The van der Waals surface area contributed by atoms with Crippen LogP contribution in [-0.2, 0) is 0 Å². The highest BCUT2D eigenvalue weighted by Gasteiger charge is 2.14. The lowest BCUT2D eigenvalue weighted by atomic mass is 10.0. The molecule has 124 valence electrons. The van der Waals surface area contributed by atoms with Gasteiger partial charge in [0, 0.05) is 22.5 Å². The van der Waals surface area contributed by atoms with E-state index in [4.69, 9.17) is 11.6 Å². The third-order valence-corrected chi connectivity index (χ3v) is 3.97. The van der Waals surface area contributed by atoms with Crippen LogP contribution >= 0.6 is 11.6 Å².